The average molecular weight is 335 g/mol. The second-order valence-electron chi connectivity index (χ2n) is 8.19. The zero-order chi connectivity index (χ0) is 18.5. The van der Waals surface area contributed by atoms with Crippen molar-refractivity contribution < 1.29 is 14.3 Å². The van der Waals surface area contributed by atoms with E-state index in [0.717, 1.165) is 5.56 Å². The summed E-state index contributed by atoms with van der Waals surface area (Å²) < 4.78 is 5.16. The van der Waals surface area contributed by atoms with E-state index in [-0.39, 0.29) is 11.2 Å². The van der Waals surface area contributed by atoms with Crippen LogP contribution in [0.5, 0.6) is 0 Å². The molecular weight excluding hydrogens is 306 g/mol. The molecule has 24 heavy (non-hydrogen) atoms. The summed E-state index contributed by atoms with van der Waals surface area (Å²) in [4.78, 5) is 27.9. The Balaban J connectivity index is 2.58. The number of Topliss-reactive ketones (excluding diaryl/α,β-unsaturated/α-hetero) is 1. The smallest absolute Gasteiger partial charge is 0.413 e. The molecule has 0 radical (unpaired) electrons. The first-order chi connectivity index (χ1) is 10.9. The van der Waals surface area contributed by atoms with E-state index in [4.69, 9.17) is 10.5 Å². The van der Waals surface area contributed by atoms with E-state index in [1.54, 1.807) is 39.1 Å². The third-order valence-corrected chi connectivity index (χ3v) is 3.03. The van der Waals surface area contributed by atoms with Gasteiger partial charge in [-0.25, -0.2) is 9.78 Å². The Kier molecular flexibility index (Phi) is 6.49. The normalized spacial score (nSPS) is 13.3. The lowest BCUT2D eigenvalue weighted by molar-refractivity contribution is -0.122. The number of hydrogen-bond acceptors (Lipinski definition) is 5. The first-order valence-electron chi connectivity index (χ1n) is 8.09. The minimum absolute atomic E-state index is 0.0402. The molecule has 0 saturated carbocycles. The van der Waals surface area contributed by atoms with Crippen molar-refractivity contribution in [2.45, 2.75) is 66.0 Å². The molecule has 0 aliphatic rings. The average Bonchev–Trinajstić information content (AvgIpc) is 2.36. The molecule has 0 bridgehead atoms. The van der Waals surface area contributed by atoms with Crippen molar-refractivity contribution in [3.8, 4) is 0 Å². The van der Waals surface area contributed by atoms with E-state index < -0.39 is 17.7 Å². The van der Waals surface area contributed by atoms with Crippen LogP contribution in [0.2, 0.25) is 0 Å². The van der Waals surface area contributed by atoms with Gasteiger partial charge in [-0.15, -0.1) is 0 Å². The van der Waals surface area contributed by atoms with E-state index in [1.165, 1.54) is 0 Å². The highest BCUT2D eigenvalue weighted by Gasteiger charge is 2.21. The van der Waals surface area contributed by atoms with Crippen LogP contribution < -0.4 is 11.1 Å². The van der Waals surface area contributed by atoms with Gasteiger partial charge >= 0.3 is 6.09 Å². The first-order valence-corrected chi connectivity index (χ1v) is 8.09. The first kappa shape index (κ1) is 20.1. The maximum atomic E-state index is 12.1. The van der Waals surface area contributed by atoms with Gasteiger partial charge in [0.1, 0.15) is 17.2 Å². The predicted octanol–water partition coefficient (Wildman–Crippen LogP) is 3.30. The number of rotatable bonds is 5. The molecule has 0 fully saturated rings. The van der Waals surface area contributed by atoms with Gasteiger partial charge in [0, 0.05) is 12.6 Å². The van der Waals surface area contributed by atoms with E-state index >= 15 is 0 Å². The van der Waals surface area contributed by atoms with E-state index in [2.05, 4.69) is 10.3 Å². The minimum atomic E-state index is -0.565. The summed E-state index contributed by atoms with van der Waals surface area (Å²) in [5.74, 6) is 0.432. The Bertz CT molecular complexity index is 569. The molecule has 3 N–H and O–H groups in total. The van der Waals surface area contributed by atoms with Gasteiger partial charge in [-0.3, -0.25) is 10.1 Å². The molecule has 1 aromatic heterocycles. The monoisotopic (exact) mass is 335 g/mol. The number of ether oxygens (including phenoxy) is 1. The molecule has 0 saturated heterocycles. The van der Waals surface area contributed by atoms with Crippen LogP contribution in [0.3, 0.4) is 0 Å². The van der Waals surface area contributed by atoms with Crippen molar-refractivity contribution in [2.24, 2.45) is 11.1 Å². The highest BCUT2D eigenvalue weighted by Crippen LogP contribution is 2.20. The Morgan fingerprint density at radius 2 is 1.83 bits per heavy atom. The Morgan fingerprint density at radius 3 is 2.29 bits per heavy atom. The number of anilines is 1. The van der Waals surface area contributed by atoms with Crippen LogP contribution in [-0.4, -0.2) is 28.5 Å². The summed E-state index contributed by atoms with van der Waals surface area (Å²) in [6.45, 7) is 11.4. The van der Waals surface area contributed by atoms with Crippen LogP contribution in [0, 0.1) is 5.41 Å². The van der Waals surface area contributed by atoms with Crippen LogP contribution in [0.15, 0.2) is 18.3 Å². The SMILES string of the molecule is CC(C)(C)CC(=O)[C@@H](N)Cc1ccc(NC(=O)OC(C)(C)C)nc1. The molecule has 6 heteroatoms. The van der Waals surface area contributed by atoms with Crippen molar-refractivity contribution >= 4 is 17.7 Å². The zero-order valence-electron chi connectivity index (χ0n) is 15.5. The molecule has 0 aliphatic carbocycles. The fourth-order valence-corrected chi connectivity index (χ4v) is 2.05. The second-order valence-corrected chi connectivity index (χ2v) is 8.19. The fourth-order valence-electron chi connectivity index (χ4n) is 2.05. The number of nitrogens with one attached hydrogen (secondary N) is 1. The predicted molar refractivity (Wildman–Crippen MR) is 94.9 cm³/mol. The standard InChI is InChI=1S/C18H29N3O3/c1-17(2,3)10-14(22)13(19)9-12-7-8-15(20-11-12)21-16(23)24-18(4,5)6/h7-8,11,13H,9-10,19H2,1-6H3,(H,20,21,23)/t13-/m0/s1. The Labute approximate surface area is 144 Å². The van der Waals surface area contributed by atoms with Gasteiger partial charge in [-0.05, 0) is 44.2 Å². The largest absolute Gasteiger partial charge is 0.444 e. The number of ketones is 1. The van der Waals surface area contributed by atoms with Gasteiger partial charge in [0.2, 0.25) is 0 Å². The number of carbonyl (C=O) groups is 2. The molecule has 0 spiro atoms. The van der Waals surface area contributed by atoms with Crippen molar-refractivity contribution in [3.63, 3.8) is 0 Å². The third-order valence-electron chi connectivity index (χ3n) is 3.03. The molecule has 1 atom stereocenters. The van der Waals surface area contributed by atoms with Gasteiger partial charge < -0.3 is 10.5 Å². The number of pyridine rings is 1. The van der Waals surface area contributed by atoms with E-state index in [1.807, 2.05) is 20.8 Å². The lowest BCUT2D eigenvalue weighted by Gasteiger charge is -2.20. The van der Waals surface area contributed by atoms with Gasteiger partial charge in [-0.2, -0.15) is 0 Å². The highest BCUT2D eigenvalue weighted by atomic mass is 16.6. The van der Waals surface area contributed by atoms with Crippen molar-refractivity contribution in [3.05, 3.63) is 23.9 Å². The van der Waals surface area contributed by atoms with Crippen LogP contribution >= 0.6 is 0 Å². The molecule has 1 heterocycles. The van der Waals surface area contributed by atoms with Crippen molar-refractivity contribution in [2.75, 3.05) is 5.32 Å². The summed E-state index contributed by atoms with van der Waals surface area (Å²) in [6, 6.07) is 2.92. The number of nitrogens with zero attached hydrogens (tertiary/aromatic N) is 1. The quantitative estimate of drug-likeness (QED) is 0.861. The number of amides is 1. The van der Waals surface area contributed by atoms with Crippen molar-refractivity contribution in [1.82, 2.24) is 4.98 Å². The Hall–Kier alpha value is -1.95. The maximum absolute atomic E-state index is 12.1. The molecule has 0 aromatic carbocycles. The summed E-state index contributed by atoms with van der Waals surface area (Å²) >= 11 is 0. The van der Waals surface area contributed by atoms with Crippen molar-refractivity contribution in [1.29, 1.82) is 0 Å². The molecule has 0 unspecified atom stereocenters. The summed E-state index contributed by atoms with van der Waals surface area (Å²) in [5, 5.41) is 2.56. The third kappa shape index (κ3) is 8.06. The maximum Gasteiger partial charge on any atom is 0.413 e. The molecule has 1 aromatic rings. The highest BCUT2D eigenvalue weighted by molar-refractivity contribution is 5.85. The van der Waals surface area contributed by atoms with Gasteiger partial charge in [0.25, 0.3) is 0 Å². The lowest BCUT2D eigenvalue weighted by atomic mass is 9.87. The topological polar surface area (TPSA) is 94.3 Å². The molecule has 134 valence electrons. The van der Waals surface area contributed by atoms with Crippen LogP contribution in [0.1, 0.15) is 53.5 Å². The Morgan fingerprint density at radius 1 is 1.21 bits per heavy atom. The number of carbonyl (C=O) groups excluding carboxylic acids is 2. The summed E-state index contributed by atoms with van der Waals surface area (Å²) in [5.41, 5.74) is 6.18. The number of nitrogens with two attached hydrogens (primary N) is 1. The zero-order valence-corrected chi connectivity index (χ0v) is 15.5. The number of aromatic nitrogens is 1. The second kappa shape index (κ2) is 7.75. The summed E-state index contributed by atoms with van der Waals surface area (Å²) in [7, 11) is 0. The lowest BCUT2D eigenvalue weighted by Crippen LogP contribution is -2.35. The summed E-state index contributed by atoms with van der Waals surface area (Å²) in [6.07, 6.45) is 1.92. The molecule has 1 amide bonds. The van der Waals surface area contributed by atoms with Gasteiger partial charge in [0.05, 0.1) is 6.04 Å². The molecular formula is C18H29N3O3. The van der Waals surface area contributed by atoms with Crippen LogP contribution in [0.4, 0.5) is 10.6 Å². The number of hydrogen-bond donors (Lipinski definition) is 2. The fraction of sp³-hybridized carbons (Fsp3) is 0.611. The van der Waals surface area contributed by atoms with Crippen LogP contribution in [-0.2, 0) is 16.0 Å². The van der Waals surface area contributed by atoms with E-state index in [0.29, 0.717) is 18.7 Å². The molecule has 0 aliphatic heterocycles. The van der Waals surface area contributed by atoms with Crippen LogP contribution in [0.25, 0.3) is 0 Å². The minimum Gasteiger partial charge on any atom is -0.444 e. The molecule has 6 nitrogen and oxygen atoms in total. The van der Waals surface area contributed by atoms with E-state index in [9.17, 15) is 9.59 Å². The molecule has 1 rings (SSSR count). The van der Waals surface area contributed by atoms with Gasteiger partial charge in [0.15, 0.2) is 0 Å². The van der Waals surface area contributed by atoms with Gasteiger partial charge in [-0.1, -0.05) is 26.8 Å².